The van der Waals surface area contributed by atoms with Gasteiger partial charge in [-0.05, 0) is 53.5 Å². The Kier molecular flexibility index (Phi) is 8.25. The van der Waals surface area contributed by atoms with Crippen molar-refractivity contribution in [1.82, 2.24) is 19.5 Å². The van der Waals surface area contributed by atoms with Crippen molar-refractivity contribution >= 4 is 45.9 Å². The third-order valence-corrected chi connectivity index (χ3v) is 8.10. The maximum Gasteiger partial charge on any atom is 0.342 e. The molecule has 0 amide bonds. The fourth-order valence-electron chi connectivity index (χ4n) is 3.85. The van der Waals surface area contributed by atoms with Gasteiger partial charge in [-0.2, -0.15) is 11.8 Å². The standard InChI is InChI=1S/C25H28N6O2S2/c1-17-22(15-23-20(26)14-19-6-3-4-7-21(19)29-23)27-9-8-24(17)35-12-5-11-34-13-10-30-18(2)28-16-25(30)31(32)33/h3-4,6-9,14,16H,5,10-13,15,26H2,1-2H3. The minimum atomic E-state index is -0.378. The molecule has 0 atom stereocenters. The van der Waals surface area contributed by atoms with E-state index in [1.165, 1.54) is 16.7 Å². The van der Waals surface area contributed by atoms with E-state index in [2.05, 4.69) is 23.0 Å². The lowest BCUT2D eigenvalue weighted by Crippen LogP contribution is -2.07. The number of pyridine rings is 2. The van der Waals surface area contributed by atoms with E-state index in [0.717, 1.165) is 46.0 Å². The van der Waals surface area contributed by atoms with Crippen molar-refractivity contribution in [3.05, 3.63) is 81.7 Å². The number of nitrogens with zero attached hydrogens (tertiary/aromatic N) is 5. The van der Waals surface area contributed by atoms with Crippen LogP contribution in [0, 0.1) is 24.0 Å². The van der Waals surface area contributed by atoms with E-state index in [-0.39, 0.29) is 10.7 Å². The Morgan fingerprint density at radius 1 is 1.09 bits per heavy atom. The van der Waals surface area contributed by atoms with Gasteiger partial charge in [0.15, 0.2) is 5.82 Å². The molecule has 0 aliphatic rings. The molecule has 4 aromatic rings. The maximum atomic E-state index is 11.1. The van der Waals surface area contributed by atoms with Crippen molar-refractivity contribution in [2.24, 2.45) is 0 Å². The molecule has 0 unspecified atom stereocenters. The summed E-state index contributed by atoms with van der Waals surface area (Å²) in [6.07, 6.45) is 4.84. The number of hydrogen-bond donors (Lipinski definition) is 1. The Balaban J connectivity index is 1.27. The first-order valence-electron chi connectivity index (χ1n) is 11.4. The molecule has 0 bridgehead atoms. The van der Waals surface area contributed by atoms with Crippen LogP contribution in [0.2, 0.25) is 0 Å². The van der Waals surface area contributed by atoms with Crippen LogP contribution in [0.5, 0.6) is 0 Å². The number of aryl methyl sites for hydroxylation is 1. The fourth-order valence-corrected chi connectivity index (χ4v) is 5.89. The molecule has 35 heavy (non-hydrogen) atoms. The smallest absolute Gasteiger partial charge is 0.342 e. The van der Waals surface area contributed by atoms with Gasteiger partial charge in [-0.25, -0.2) is 9.55 Å². The van der Waals surface area contributed by atoms with Crippen molar-refractivity contribution in [1.29, 1.82) is 0 Å². The molecular formula is C25H28N6O2S2. The summed E-state index contributed by atoms with van der Waals surface area (Å²) in [6, 6.07) is 12.0. The average molecular weight is 509 g/mol. The Labute approximate surface area is 212 Å². The number of hydrogen-bond acceptors (Lipinski definition) is 8. The number of fused-ring (bicyclic) bond motifs is 1. The lowest BCUT2D eigenvalue weighted by atomic mass is 10.1. The second-order valence-electron chi connectivity index (χ2n) is 8.16. The average Bonchev–Trinajstić information content (AvgIpc) is 3.21. The van der Waals surface area contributed by atoms with Gasteiger partial charge in [0.05, 0.1) is 22.6 Å². The number of para-hydroxylation sites is 1. The van der Waals surface area contributed by atoms with E-state index < -0.39 is 0 Å². The monoisotopic (exact) mass is 508 g/mol. The zero-order valence-electron chi connectivity index (χ0n) is 19.8. The van der Waals surface area contributed by atoms with Gasteiger partial charge in [-0.3, -0.25) is 9.97 Å². The van der Waals surface area contributed by atoms with Gasteiger partial charge >= 0.3 is 5.82 Å². The molecule has 10 heteroatoms. The first-order chi connectivity index (χ1) is 16.9. The molecule has 0 spiro atoms. The molecule has 0 fully saturated rings. The van der Waals surface area contributed by atoms with Gasteiger partial charge in [-0.1, -0.05) is 18.2 Å². The molecule has 3 heterocycles. The summed E-state index contributed by atoms with van der Waals surface area (Å²) in [6.45, 7) is 4.50. The van der Waals surface area contributed by atoms with Gasteiger partial charge in [-0.15, -0.1) is 11.8 Å². The van der Waals surface area contributed by atoms with E-state index in [0.29, 0.717) is 24.5 Å². The Morgan fingerprint density at radius 2 is 1.91 bits per heavy atom. The number of thioether (sulfide) groups is 2. The summed E-state index contributed by atoms with van der Waals surface area (Å²) in [5, 5.41) is 12.1. The number of rotatable bonds is 11. The minimum Gasteiger partial charge on any atom is -0.397 e. The van der Waals surface area contributed by atoms with E-state index in [1.807, 2.05) is 60.1 Å². The van der Waals surface area contributed by atoms with Gasteiger partial charge < -0.3 is 15.8 Å². The highest BCUT2D eigenvalue weighted by atomic mass is 32.2. The largest absolute Gasteiger partial charge is 0.397 e. The Hall–Kier alpha value is -3.11. The molecule has 0 aliphatic carbocycles. The van der Waals surface area contributed by atoms with E-state index >= 15 is 0 Å². The predicted molar refractivity (Wildman–Crippen MR) is 144 cm³/mol. The van der Waals surface area contributed by atoms with Crippen molar-refractivity contribution in [3.8, 4) is 0 Å². The van der Waals surface area contributed by atoms with Crippen LogP contribution in [0.3, 0.4) is 0 Å². The summed E-state index contributed by atoms with van der Waals surface area (Å²) in [7, 11) is 0. The Bertz CT molecular complexity index is 1340. The second-order valence-corrected chi connectivity index (χ2v) is 10.5. The van der Waals surface area contributed by atoms with Crippen molar-refractivity contribution in [2.45, 2.75) is 38.1 Å². The van der Waals surface area contributed by atoms with Crippen LogP contribution < -0.4 is 5.73 Å². The molecule has 0 radical (unpaired) electrons. The van der Waals surface area contributed by atoms with Crippen LogP contribution >= 0.6 is 23.5 Å². The number of nitro groups is 1. The van der Waals surface area contributed by atoms with Crippen LogP contribution in [0.1, 0.15) is 29.2 Å². The molecule has 3 aromatic heterocycles. The zero-order chi connectivity index (χ0) is 24.8. The molecule has 8 nitrogen and oxygen atoms in total. The summed E-state index contributed by atoms with van der Waals surface area (Å²) in [4.78, 5) is 25.4. The highest BCUT2D eigenvalue weighted by Crippen LogP contribution is 2.27. The van der Waals surface area contributed by atoms with Crippen molar-refractivity contribution < 1.29 is 4.92 Å². The Morgan fingerprint density at radius 3 is 2.74 bits per heavy atom. The van der Waals surface area contributed by atoms with Crippen LogP contribution in [0.4, 0.5) is 11.5 Å². The SMILES string of the molecule is Cc1c(SCCCSCCn2c([N+](=O)[O-])cnc2C)ccnc1Cc1nc2ccccc2cc1N. The summed E-state index contributed by atoms with van der Waals surface area (Å²) in [5.74, 6) is 3.56. The maximum absolute atomic E-state index is 11.1. The molecule has 182 valence electrons. The van der Waals surface area contributed by atoms with E-state index in [4.69, 9.17) is 10.7 Å². The molecule has 0 saturated heterocycles. The molecule has 1 aromatic carbocycles. The normalized spacial score (nSPS) is 11.3. The number of aromatic nitrogens is 4. The van der Waals surface area contributed by atoms with Crippen molar-refractivity contribution in [3.63, 3.8) is 0 Å². The molecular weight excluding hydrogens is 480 g/mol. The highest BCUT2D eigenvalue weighted by Gasteiger charge is 2.16. The van der Waals surface area contributed by atoms with Crippen molar-refractivity contribution in [2.75, 3.05) is 23.0 Å². The second kappa shape index (κ2) is 11.5. The first kappa shape index (κ1) is 25.0. The van der Waals surface area contributed by atoms with Crippen LogP contribution in [-0.2, 0) is 13.0 Å². The number of nitrogen functional groups attached to an aromatic ring is 1. The lowest BCUT2D eigenvalue weighted by molar-refractivity contribution is -0.392. The number of nitrogens with two attached hydrogens (primary N) is 1. The third kappa shape index (κ3) is 6.12. The lowest BCUT2D eigenvalue weighted by Gasteiger charge is -2.12. The van der Waals surface area contributed by atoms with E-state index in [1.54, 1.807) is 11.5 Å². The summed E-state index contributed by atoms with van der Waals surface area (Å²) in [5.41, 5.74) is 10.9. The third-order valence-electron chi connectivity index (χ3n) is 5.80. The molecule has 0 aliphatic heterocycles. The van der Waals surface area contributed by atoms with Gasteiger partial charge in [0.1, 0.15) is 12.7 Å². The first-order valence-corrected chi connectivity index (χ1v) is 13.5. The van der Waals surface area contributed by atoms with E-state index in [9.17, 15) is 10.1 Å². The van der Waals surface area contributed by atoms with Gasteiger partial charge in [0.25, 0.3) is 0 Å². The van der Waals surface area contributed by atoms with Crippen LogP contribution in [-0.4, -0.2) is 41.7 Å². The predicted octanol–water partition coefficient (Wildman–Crippen LogP) is 5.44. The quantitative estimate of drug-likeness (QED) is 0.123. The highest BCUT2D eigenvalue weighted by molar-refractivity contribution is 8.00. The minimum absolute atomic E-state index is 0.0586. The van der Waals surface area contributed by atoms with Gasteiger partial charge in [0.2, 0.25) is 0 Å². The van der Waals surface area contributed by atoms with Crippen LogP contribution in [0.15, 0.2) is 53.7 Å². The molecule has 2 N–H and O–H groups in total. The zero-order valence-corrected chi connectivity index (χ0v) is 21.4. The topological polar surface area (TPSA) is 113 Å². The van der Waals surface area contributed by atoms with Crippen LogP contribution in [0.25, 0.3) is 10.9 Å². The summed E-state index contributed by atoms with van der Waals surface area (Å²) < 4.78 is 1.67. The molecule has 0 saturated carbocycles. The van der Waals surface area contributed by atoms with Gasteiger partial charge in [0, 0.05) is 35.6 Å². The molecule has 4 rings (SSSR count). The fraction of sp³-hybridized carbons (Fsp3) is 0.320. The number of imidazole rings is 1. The summed E-state index contributed by atoms with van der Waals surface area (Å²) >= 11 is 3.64. The number of benzene rings is 1. The number of anilines is 1.